The number of nitrogens with zero attached hydrogens (tertiary/aromatic N) is 1. The monoisotopic (exact) mass is 230 g/mol. The highest BCUT2D eigenvalue weighted by Crippen LogP contribution is 2.03. The number of pyridine rings is 1. The van der Waals surface area contributed by atoms with Gasteiger partial charge in [0, 0.05) is 29.4 Å². The predicted octanol–water partition coefficient (Wildman–Crippen LogP) is 1.40. The van der Waals surface area contributed by atoms with Gasteiger partial charge in [-0.3, -0.25) is 9.36 Å². The number of ether oxygens (including phenoxy) is 1. The third-order valence-electron chi connectivity index (χ3n) is 1.32. The lowest BCUT2D eigenvalue weighted by Crippen LogP contribution is -2.19. The molecule has 0 aliphatic carbocycles. The van der Waals surface area contributed by atoms with E-state index in [0.29, 0.717) is 13.3 Å². The van der Waals surface area contributed by atoms with Gasteiger partial charge in [-0.05, 0) is 22.9 Å². The van der Waals surface area contributed by atoms with E-state index in [0.717, 1.165) is 4.47 Å². The van der Waals surface area contributed by atoms with Gasteiger partial charge in [-0.15, -0.1) is 0 Å². The number of aromatic nitrogens is 1. The Kier molecular flexibility index (Phi) is 3.49. The molecule has 0 aliphatic heterocycles. The SMILES string of the molecule is CCOCn1cc(Br)[c]cc1=O. The van der Waals surface area contributed by atoms with Crippen LogP contribution in [-0.4, -0.2) is 11.2 Å². The van der Waals surface area contributed by atoms with Gasteiger partial charge < -0.3 is 4.74 Å². The molecule has 0 unspecified atom stereocenters. The molecule has 0 bridgehead atoms. The molecule has 0 aliphatic rings. The van der Waals surface area contributed by atoms with Gasteiger partial charge in [0.05, 0.1) is 0 Å². The highest BCUT2D eigenvalue weighted by atomic mass is 79.9. The number of rotatable bonds is 3. The number of hydrogen-bond acceptors (Lipinski definition) is 2. The summed E-state index contributed by atoms with van der Waals surface area (Å²) in [6.45, 7) is 2.78. The molecule has 3 nitrogen and oxygen atoms in total. The summed E-state index contributed by atoms with van der Waals surface area (Å²) in [6.07, 6.45) is 1.65. The van der Waals surface area contributed by atoms with E-state index >= 15 is 0 Å². The fraction of sp³-hybridized carbons (Fsp3) is 0.375. The summed E-state index contributed by atoms with van der Waals surface area (Å²) in [5.74, 6) is 0. The Balaban J connectivity index is 2.83. The second-order valence-electron chi connectivity index (χ2n) is 2.20. The molecule has 0 spiro atoms. The lowest BCUT2D eigenvalue weighted by molar-refractivity contribution is 0.0852. The van der Waals surface area contributed by atoms with E-state index in [2.05, 4.69) is 22.0 Å². The molecule has 0 fully saturated rings. The van der Waals surface area contributed by atoms with Crippen LogP contribution >= 0.6 is 15.9 Å². The molecule has 4 heteroatoms. The van der Waals surface area contributed by atoms with Crippen molar-refractivity contribution in [3.05, 3.63) is 33.2 Å². The van der Waals surface area contributed by atoms with Crippen molar-refractivity contribution in [2.24, 2.45) is 0 Å². The molecule has 1 heterocycles. The van der Waals surface area contributed by atoms with Crippen molar-refractivity contribution in [2.75, 3.05) is 6.61 Å². The van der Waals surface area contributed by atoms with E-state index in [1.807, 2.05) is 6.92 Å². The fourth-order valence-corrected chi connectivity index (χ4v) is 1.10. The van der Waals surface area contributed by atoms with Crippen molar-refractivity contribution in [3.8, 4) is 0 Å². The van der Waals surface area contributed by atoms with Crippen molar-refractivity contribution < 1.29 is 4.74 Å². The van der Waals surface area contributed by atoms with E-state index in [1.54, 1.807) is 6.20 Å². The summed E-state index contributed by atoms with van der Waals surface area (Å²) in [5.41, 5.74) is -0.105. The first-order chi connectivity index (χ1) is 5.74. The smallest absolute Gasteiger partial charge is 0.253 e. The van der Waals surface area contributed by atoms with Crippen molar-refractivity contribution >= 4 is 15.9 Å². The van der Waals surface area contributed by atoms with E-state index in [9.17, 15) is 4.79 Å². The number of hydrogen-bond donors (Lipinski definition) is 0. The van der Waals surface area contributed by atoms with Crippen molar-refractivity contribution in [2.45, 2.75) is 13.7 Å². The molecular weight excluding hydrogens is 222 g/mol. The Morgan fingerprint density at radius 2 is 2.50 bits per heavy atom. The minimum absolute atomic E-state index is 0.105. The Morgan fingerprint density at radius 3 is 3.17 bits per heavy atom. The third-order valence-corrected chi connectivity index (χ3v) is 1.75. The summed E-state index contributed by atoms with van der Waals surface area (Å²) in [4.78, 5) is 11.1. The van der Waals surface area contributed by atoms with Crippen LogP contribution in [0, 0.1) is 6.07 Å². The van der Waals surface area contributed by atoms with Gasteiger partial charge in [0.25, 0.3) is 5.56 Å². The second kappa shape index (κ2) is 4.42. The molecule has 1 radical (unpaired) electrons. The van der Waals surface area contributed by atoms with Gasteiger partial charge in [-0.2, -0.15) is 0 Å². The van der Waals surface area contributed by atoms with Gasteiger partial charge in [0.2, 0.25) is 0 Å². The topological polar surface area (TPSA) is 31.2 Å². The molecule has 0 amide bonds. The molecular formula is C8H9BrNO2. The summed E-state index contributed by atoms with van der Waals surface area (Å²) >= 11 is 3.22. The lowest BCUT2D eigenvalue weighted by Gasteiger charge is -2.04. The van der Waals surface area contributed by atoms with Gasteiger partial charge in [0.15, 0.2) is 0 Å². The van der Waals surface area contributed by atoms with Crippen LogP contribution in [0.3, 0.4) is 0 Å². The molecule has 1 rings (SSSR count). The van der Waals surface area contributed by atoms with Crippen molar-refractivity contribution in [3.63, 3.8) is 0 Å². The zero-order valence-corrected chi connectivity index (χ0v) is 8.30. The summed E-state index contributed by atoms with van der Waals surface area (Å²) in [7, 11) is 0. The first-order valence-electron chi connectivity index (χ1n) is 3.59. The molecule has 0 N–H and O–H groups in total. The van der Waals surface area contributed by atoms with E-state index in [-0.39, 0.29) is 5.56 Å². The largest absolute Gasteiger partial charge is 0.361 e. The maximum atomic E-state index is 11.1. The lowest BCUT2D eigenvalue weighted by atomic mass is 10.5. The highest BCUT2D eigenvalue weighted by molar-refractivity contribution is 9.10. The van der Waals surface area contributed by atoms with Crippen molar-refractivity contribution in [1.29, 1.82) is 0 Å². The zero-order chi connectivity index (χ0) is 8.97. The molecule has 0 saturated carbocycles. The van der Waals surface area contributed by atoms with Gasteiger partial charge in [0.1, 0.15) is 6.73 Å². The fourth-order valence-electron chi connectivity index (χ4n) is 0.742. The van der Waals surface area contributed by atoms with Crippen molar-refractivity contribution in [1.82, 2.24) is 4.57 Å². The minimum atomic E-state index is -0.105. The predicted molar refractivity (Wildman–Crippen MR) is 48.9 cm³/mol. The molecule has 0 saturated heterocycles. The standard InChI is InChI=1S/C8H9BrNO2/c1-2-12-6-10-5-7(9)3-4-8(10)11/h4-5H,2,6H2,1H3. The van der Waals surface area contributed by atoms with Crippen LogP contribution in [0.2, 0.25) is 0 Å². The Labute approximate surface area is 79.1 Å². The quantitative estimate of drug-likeness (QED) is 0.787. The average Bonchev–Trinajstić information content (AvgIpc) is 2.07. The van der Waals surface area contributed by atoms with Crippen LogP contribution in [0.5, 0.6) is 0 Å². The summed E-state index contributed by atoms with van der Waals surface area (Å²) in [5, 5.41) is 0. The molecule has 1 aromatic rings. The van der Waals surface area contributed by atoms with E-state index < -0.39 is 0 Å². The maximum absolute atomic E-state index is 11.1. The average molecular weight is 231 g/mol. The molecule has 65 valence electrons. The number of halogens is 1. The normalized spacial score (nSPS) is 10.2. The Hall–Kier alpha value is -0.610. The van der Waals surface area contributed by atoms with Gasteiger partial charge >= 0.3 is 0 Å². The van der Waals surface area contributed by atoms with Crippen LogP contribution < -0.4 is 5.56 Å². The summed E-state index contributed by atoms with van der Waals surface area (Å²) < 4.78 is 7.31. The first kappa shape index (κ1) is 9.48. The van der Waals surface area contributed by atoms with Crippen LogP contribution in [-0.2, 0) is 11.5 Å². The highest BCUT2D eigenvalue weighted by Gasteiger charge is 1.95. The molecule has 0 atom stereocenters. The van der Waals surface area contributed by atoms with E-state index in [4.69, 9.17) is 4.74 Å². The van der Waals surface area contributed by atoms with Gasteiger partial charge in [-0.25, -0.2) is 0 Å². The van der Waals surface area contributed by atoms with Crippen LogP contribution in [0.4, 0.5) is 0 Å². The molecule has 12 heavy (non-hydrogen) atoms. The summed E-state index contributed by atoms with van der Waals surface area (Å²) in [6, 6.07) is 4.12. The maximum Gasteiger partial charge on any atom is 0.253 e. The molecule has 0 aromatic carbocycles. The minimum Gasteiger partial charge on any atom is -0.361 e. The van der Waals surface area contributed by atoms with Crippen LogP contribution in [0.15, 0.2) is 21.5 Å². The van der Waals surface area contributed by atoms with E-state index in [1.165, 1.54) is 10.6 Å². The molecule has 1 aromatic heterocycles. The van der Waals surface area contributed by atoms with Gasteiger partial charge in [-0.1, -0.05) is 0 Å². The van der Waals surface area contributed by atoms with Crippen LogP contribution in [0.25, 0.3) is 0 Å². The second-order valence-corrected chi connectivity index (χ2v) is 3.05. The first-order valence-corrected chi connectivity index (χ1v) is 4.38. The third kappa shape index (κ3) is 2.46. The zero-order valence-electron chi connectivity index (χ0n) is 6.71. The van der Waals surface area contributed by atoms with Crippen LogP contribution in [0.1, 0.15) is 6.92 Å². The Morgan fingerprint density at radius 1 is 1.75 bits per heavy atom. The Bertz CT molecular complexity index is 308.